The molecule has 0 amide bonds. The number of ether oxygens (including phenoxy) is 1. The van der Waals surface area contributed by atoms with Crippen molar-refractivity contribution in [1.82, 2.24) is 14.9 Å². The zero-order valence-electron chi connectivity index (χ0n) is 11.3. The van der Waals surface area contributed by atoms with Crippen LogP contribution in [0.2, 0.25) is 0 Å². The first-order valence-corrected chi connectivity index (χ1v) is 6.81. The molecule has 2 rings (SSSR count). The Hall–Kier alpha value is -1.66. The number of methoxy groups -OCH3 is 1. The van der Waals surface area contributed by atoms with Gasteiger partial charge in [-0.2, -0.15) is 0 Å². The molecule has 5 nitrogen and oxygen atoms in total. The molecule has 0 saturated heterocycles. The quantitative estimate of drug-likeness (QED) is 0.906. The van der Waals surface area contributed by atoms with Gasteiger partial charge >= 0.3 is 0 Å². The van der Waals surface area contributed by atoms with Crippen LogP contribution in [0.1, 0.15) is 16.4 Å². The number of thiazole rings is 1. The van der Waals surface area contributed by atoms with Crippen molar-refractivity contribution in [2.75, 3.05) is 14.2 Å². The van der Waals surface area contributed by atoms with Crippen LogP contribution in [0.4, 0.5) is 0 Å². The molecule has 0 aliphatic heterocycles. The highest BCUT2D eigenvalue weighted by Crippen LogP contribution is 2.11. The molecule has 2 aromatic rings. The molecule has 0 unspecified atom stereocenters. The van der Waals surface area contributed by atoms with Crippen molar-refractivity contribution in [3.05, 3.63) is 44.3 Å². The van der Waals surface area contributed by atoms with E-state index in [0.29, 0.717) is 12.3 Å². The highest BCUT2D eigenvalue weighted by atomic mass is 32.1. The summed E-state index contributed by atoms with van der Waals surface area (Å²) in [6.45, 7) is 3.42. The molecule has 2 aromatic heterocycles. The molecule has 0 aromatic carbocycles. The minimum Gasteiger partial charge on any atom is -0.491 e. The van der Waals surface area contributed by atoms with E-state index in [-0.39, 0.29) is 5.43 Å². The van der Waals surface area contributed by atoms with Crippen molar-refractivity contribution >= 4 is 11.3 Å². The molecule has 0 aliphatic carbocycles. The summed E-state index contributed by atoms with van der Waals surface area (Å²) < 4.78 is 4.94. The number of nitrogens with one attached hydrogen (secondary N) is 1. The van der Waals surface area contributed by atoms with Gasteiger partial charge in [-0.3, -0.25) is 9.69 Å². The van der Waals surface area contributed by atoms with Gasteiger partial charge in [0.1, 0.15) is 0 Å². The average molecular weight is 279 g/mol. The van der Waals surface area contributed by atoms with E-state index in [2.05, 4.69) is 20.2 Å². The molecule has 0 bridgehead atoms. The number of hydrogen-bond donors (Lipinski definition) is 1. The van der Waals surface area contributed by atoms with E-state index >= 15 is 0 Å². The van der Waals surface area contributed by atoms with Gasteiger partial charge in [0.2, 0.25) is 5.43 Å². The normalized spacial score (nSPS) is 10.9. The van der Waals surface area contributed by atoms with E-state index in [1.165, 1.54) is 7.11 Å². The van der Waals surface area contributed by atoms with Crippen LogP contribution < -0.4 is 10.2 Å². The Kier molecular flexibility index (Phi) is 4.34. The van der Waals surface area contributed by atoms with Crippen LogP contribution in [-0.2, 0) is 13.1 Å². The third-order valence-electron chi connectivity index (χ3n) is 2.70. The van der Waals surface area contributed by atoms with Gasteiger partial charge in [0, 0.05) is 36.4 Å². The van der Waals surface area contributed by atoms with E-state index in [1.807, 2.05) is 14.0 Å². The highest BCUT2D eigenvalue weighted by molar-refractivity contribution is 7.09. The van der Waals surface area contributed by atoms with Crippen molar-refractivity contribution in [2.24, 2.45) is 0 Å². The number of aryl methyl sites for hydroxylation is 1. The lowest BCUT2D eigenvalue weighted by molar-refractivity contribution is 0.311. The summed E-state index contributed by atoms with van der Waals surface area (Å²) in [5.41, 5.74) is 1.82. The van der Waals surface area contributed by atoms with Gasteiger partial charge < -0.3 is 9.72 Å². The lowest BCUT2D eigenvalue weighted by Crippen LogP contribution is -2.19. The van der Waals surface area contributed by atoms with Crippen molar-refractivity contribution in [3.8, 4) is 5.75 Å². The first-order chi connectivity index (χ1) is 9.08. The van der Waals surface area contributed by atoms with Crippen LogP contribution >= 0.6 is 11.3 Å². The maximum absolute atomic E-state index is 11.6. The standard InChI is InChI=1S/C13H17N3O2S/c1-9-15-11(8-19-9)7-16(2)6-10-4-12(17)13(18-3)5-14-10/h4-5,8H,6-7H2,1-3H3,(H,14,17). The topological polar surface area (TPSA) is 58.2 Å². The first-order valence-electron chi connectivity index (χ1n) is 5.93. The first kappa shape index (κ1) is 13.8. The van der Waals surface area contributed by atoms with E-state index in [4.69, 9.17) is 4.74 Å². The molecule has 102 valence electrons. The van der Waals surface area contributed by atoms with Crippen LogP contribution in [0, 0.1) is 6.92 Å². The second-order valence-electron chi connectivity index (χ2n) is 4.42. The largest absolute Gasteiger partial charge is 0.491 e. The molecule has 0 atom stereocenters. The Labute approximate surface area is 115 Å². The maximum Gasteiger partial charge on any atom is 0.223 e. The molecular weight excluding hydrogens is 262 g/mol. The summed E-state index contributed by atoms with van der Waals surface area (Å²) in [6, 6.07) is 1.57. The zero-order valence-corrected chi connectivity index (χ0v) is 12.1. The smallest absolute Gasteiger partial charge is 0.223 e. The number of pyridine rings is 1. The van der Waals surface area contributed by atoms with Gasteiger partial charge in [-0.1, -0.05) is 0 Å². The SMILES string of the molecule is COc1c[nH]c(CN(C)Cc2csc(C)n2)cc1=O. The second kappa shape index (κ2) is 5.99. The Morgan fingerprint density at radius 3 is 2.84 bits per heavy atom. The average Bonchev–Trinajstić information content (AvgIpc) is 2.74. The Morgan fingerprint density at radius 2 is 2.26 bits per heavy atom. The molecular formula is C13H17N3O2S. The zero-order chi connectivity index (χ0) is 13.8. The molecule has 0 saturated carbocycles. The molecule has 1 N–H and O–H groups in total. The Morgan fingerprint density at radius 1 is 1.47 bits per heavy atom. The van der Waals surface area contributed by atoms with E-state index in [0.717, 1.165) is 22.9 Å². The van der Waals surface area contributed by atoms with Crippen LogP contribution in [-0.4, -0.2) is 29.0 Å². The predicted molar refractivity (Wildman–Crippen MR) is 75.6 cm³/mol. The molecule has 0 spiro atoms. The third kappa shape index (κ3) is 3.65. The monoisotopic (exact) mass is 279 g/mol. The van der Waals surface area contributed by atoms with Crippen molar-refractivity contribution in [3.63, 3.8) is 0 Å². The van der Waals surface area contributed by atoms with Gasteiger partial charge in [-0.25, -0.2) is 4.98 Å². The number of rotatable bonds is 5. The minimum atomic E-state index is -0.103. The summed E-state index contributed by atoms with van der Waals surface area (Å²) in [6.07, 6.45) is 1.60. The highest BCUT2D eigenvalue weighted by Gasteiger charge is 2.06. The van der Waals surface area contributed by atoms with Gasteiger partial charge in [0.15, 0.2) is 5.75 Å². The molecule has 6 heteroatoms. The molecule has 2 heterocycles. The van der Waals surface area contributed by atoms with Crippen LogP contribution in [0.25, 0.3) is 0 Å². The van der Waals surface area contributed by atoms with Crippen molar-refractivity contribution < 1.29 is 4.74 Å². The summed E-state index contributed by atoms with van der Waals surface area (Å²) in [4.78, 5) is 21.2. The number of hydrogen-bond acceptors (Lipinski definition) is 5. The van der Waals surface area contributed by atoms with Crippen LogP contribution in [0.5, 0.6) is 5.75 Å². The Balaban J connectivity index is 2.00. The molecule has 0 radical (unpaired) electrons. The molecule has 0 fully saturated rings. The molecule has 0 aliphatic rings. The fourth-order valence-corrected chi connectivity index (χ4v) is 2.46. The van der Waals surface area contributed by atoms with Gasteiger partial charge in [-0.05, 0) is 14.0 Å². The summed E-state index contributed by atoms with van der Waals surface area (Å²) in [5.74, 6) is 0.335. The summed E-state index contributed by atoms with van der Waals surface area (Å²) >= 11 is 1.65. The predicted octanol–water partition coefficient (Wildman–Crippen LogP) is 1.78. The third-order valence-corrected chi connectivity index (χ3v) is 3.52. The van der Waals surface area contributed by atoms with Gasteiger partial charge in [-0.15, -0.1) is 11.3 Å². The van der Waals surface area contributed by atoms with Crippen LogP contribution in [0.15, 0.2) is 22.4 Å². The van der Waals surface area contributed by atoms with Crippen molar-refractivity contribution in [1.29, 1.82) is 0 Å². The number of H-pyrrole nitrogens is 1. The molecule has 19 heavy (non-hydrogen) atoms. The summed E-state index contributed by atoms with van der Waals surface area (Å²) in [7, 11) is 3.48. The summed E-state index contributed by atoms with van der Waals surface area (Å²) in [5, 5.41) is 3.13. The number of aromatic amines is 1. The number of aromatic nitrogens is 2. The minimum absolute atomic E-state index is 0.103. The fourth-order valence-electron chi connectivity index (χ4n) is 1.86. The second-order valence-corrected chi connectivity index (χ2v) is 5.48. The van der Waals surface area contributed by atoms with E-state index in [1.54, 1.807) is 23.6 Å². The van der Waals surface area contributed by atoms with Gasteiger partial charge in [0.05, 0.1) is 17.8 Å². The van der Waals surface area contributed by atoms with E-state index < -0.39 is 0 Å². The van der Waals surface area contributed by atoms with Gasteiger partial charge in [0.25, 0.3) is 0 Å². The maximum atomic E-state index is 11.6. The van der Waals surface area contributed by atoms with E-state index in [9.17, 15) is 4.79 Å². The van der Waals surface area contributed by atoms with Crippen molar-refractivity contribution in [2.45, 2.75) is 20.0 Å². The fraction of sp³-hybridized carbons (Fsp3) is 0.385. The lowest BCUT2D eigenvalue weighted by atomic mass is 10.3. The Bertz CT molecular complexity index is 606. The lowest BCUT2D eigenvalue weighted by Gasteiger charge is -2.15. The number of nitrogens with zero attached hydrogens (tertiary/aromatic N) is 2. The van der Waals surface area contributed by atoms with Crippen LogP contribution in [0.3, 0.4) is 0 Å².